The van der Waals surface area contributed by atoms with Crippen LogP contribution >= 0.6 is 0 Å². The Morgan fingerprint density at radius 3 is 2.40 bits per heavy atom. The quantitative estimate of drug-likeness (QED) is 0.918. The highest BCUT2D eigenvalue weighted by atomic mass is 19.4. The van der Waals surface area contributed by atoms with E-state index in [-0.39, 0.29) is 0 Å². The molecule has 0 aliphatic rings. The number of imidazole rings is 1. The zero-order valence-electron chi connectivity index (χ0n) is 11.5. The topological polar surface area (TPSA) is 43.8 Å². The van der Waals surface area contributed by atoms with Gasteiger partial charge < -0.3 is 10.3 Å². The molecule has 0 bridgehead atoms. The van der Waals surface area contributed by atoms with E-state index in [0.29, 0.717) is 11.4 Å². The first-order valence-corrected chi connectivity index (χ1v) is 6.10. The summed E-state index contributed by atoms with van der Waals surface area (Å²) in [6.45, 7) is 5.32. The third-order valence-electron chi connectivity index (χ3n) is 3.09. The lowest BCUT2D eigenvalue weighted by Gasteiger charge is -2.22. The summed E-state index contributed by atoms with van der Waals surface area (Å²) < 4.78 is 40.1. The monoisotopic (exact) mass is 283 g/mol. The van der Waals surface area contributed by atoms with Gasteiger partial charge in [-0.15, -0.1) is 0 Å². The molecule has 0 atom stereocenters. The number of nitrogens with two attached hydrogens (primary N) is 1. The minimum atomic E-state index is -4.37. The summed E-state index contributed by atoms with van der Waals surface area (Å²) in [7, 11) is 0. The van der Waals surface area contributed by atoms with E-state index < -0.39 is 17.3 Å². The zero-order valence-corrected chi connectivity index (χ0v) is 11.5. The van der Waals surface area contributed by atoms with Crippen LogP contribution < -0.4 is 5.73 Å². The molecule has 20 heavy (non-hydrogen) atoms. The maximum Gasteiger partial charge on any atom is 0.416 e. The lowest BCUT2D eigenvalue weighted by Crippen LogP contribution is -2.31. The fourth-order valence-corrected chi connectivity index (χ4v) is 2.01. The second-order valence-electron chi connectivity index (χ2n) is 5.37. The van der Waals surface area contributed by atoms with Gasteiger partial charge in [-0.1, -0.05) is 6.07 Å². The van der Waals surface area contributed by atoms with Gasteiger partial charge in [-0.05, 0) is 38.5 Å². The molecule has 0 saturated carbocycles. The van der Waals surface area contributed by atoms with Gasteiger partial charge in [0, 0.05) is 0 Å². The van der Waals surface area contributed by atoms with E-state index in [0.717, 1.165) is 17.7 Å². The smallest absolute Gasteiger partial charge is 0.321 e. The number of nitrogens with zero attached hydrogens (tertiary/aromatic N) is 2. The SMILES string of the molecule is Cc1ccc(C(F)(F)F)cc1-n1cncc1C(C)(C)N. The molecular weight excluding hydrogens is 267 g/mol. The highest BCUT2D eigenvalue weighted by Crippen LogP contribution is 2.32. The Balaban J connectivity index is 2.62. The van der Waals surface area contributed by atoms with Gasteiger partial charge in [0.15, 0.2) is 0 Å². The summed E-state index contributed by atoms with van der Waals surface area (Å²) in [6.07, 6.45) is -1.33. The molecular formula is C14H16F3N3. The van der Waals surface area contributed by atoms with Crippen LogP contribution in [0.2, 0.25) is 0 Å². The number of hydrogen-bond donors (Lipinski definition) is 1. The summed E-state index contributed by atoms with van der Waals surface area (Å²) in [6, 6.07) is 3.64. The fraction of sp³-hybridized carbons (Fsp3) is 0.357. The van der Waals surface area contributed by atoms with Crippen LogP contribution in [-0.2, 0) is 11.7 Å². The number of alkyl halides is 3. The van der Waals surface area contributed by atoms with Crippen molar-refractivity contribution in [3.05, 3.63) is 47.5 Å². The van der Waals surface area contributed by atoms with Crippen LogP contribution in [0.3, 0.4) is 0 Å². The molecule has 0 spiro atoms. The van der Waals surface area contributed by atoms with Gasteiger partial charge in [-0.2, -0.15) is 13.2 Å². The Hall–Kier alpha value is -1.82. The number of hydrogen-bond acceptors (Lipinski definition) is 2. The van der Waals surface area contributed by atoms with E-state index in [4.69, 9.17) is 5.73 Å². The average molecular weight is 283 g/mol. The molecule has 0 amide bonds. The molecule has 1 aromatic carbocycles. The van der Waals surface area contributed by atoms with Crippen molar-refractivity contribution in [2.75, 3.05) is 0 Å². The van der Waals surface area contributed by atoms with Gasteiger partial charge in [0.25, 0.3) is 0 Å². The Labute approximate surface area is 115 Å². The third kappa shape index (κ3) is 2.70. The summed E-state index contributed by atoms with van der Waals surface area (Å²) in [5, 5.41) is 0. The van der Waals surface area contributed by atoms with Gasteiger partial charge in [-0.3, -0.25) is 0 Å². The summed E-state index contributed by atoms with van der Waals surface area (Å²) in [4.78, 5) is 4.00. The average Bonchev–Trinajstić information content (AvgIpc) is 2.76. The first-order valence-electron chi connectivity index (χ1n) is 6.10. The molecule has 0 unspecified atom stereocenters. The molecule has 2 N–H and O–H groups in total. The minimum absolute atomic E-state index is 0.436. The molecule has 1 aromatic heterocycles. The Morgan fingerprint density at radius 2 is 1.85 bits per heavy atom. The fourth-order valence-electron chi connectivity index (χ4n) is 2.01. The minimum Gasteiger partial charge on any atom is -0.321 e. The van der Waals surface area contributed by atoms with E-state index in [9.17, 15) is 13.2 Å². The molecule has 3 nitrogen and oxygen atoms in total. The van der Waals surface area contributed by atoms with Crippen LogP contribution in [0.25, 0.3) is 5.69 Å². The van der Waals surface area contributed by atoms with Crippen LogP contribution in [0.1, 0.15) is 30.7 Å². The zero-order chi connectivity index (χ0) is 15.1. The molecule has 6 heteroatoms. The van der Waals surface area contributed by atoms with Crippen LogP contribution in [0, 0.1) is 6.92 Å². The first-order chi connectivity index (χ1) is 9.10. The van der Waals surface area contributed by atoms with Crippen LogP contribution in [0.15, 0.2) is 30.7 Å². The van der Waals surface area contributed by atoms with Crippen molar-refractivity contribution in [2.24, 2.45) is 5.73 Å². The maximum atomic E-state index is 12.8. The van der Waals surface area contributed by atoms with Crippen molar-refractivity contribution in [3.8, 4) is 5.69 Å². The van der Waals surface area contributed by atoms with Crippen molar-refractivity contribution in [1.82, 2.24) is 9.55 Å². The van der Waals surface area contributed by atoms with Crippen molar-refractivity contribution in [1.29, 1.82) is 0 Å². The molecule has 2 rings (SSSR count). The van der Waals surface area contributed by atoms with Crippen LogP contribution in [0.4, 0.5) is 13.2 Å². The third-order valence-corrected chi connectivity index (χ3v) is 3.09. The number of aryl methyl sites for hydroxylation is 1. The lowest BCUT2D eigenvalue weighted by molar-refractivity contribution is -0.137. The van der Waals surface area contributed by atoms with E-state index in [1.807, 2.05) is 0 Å². The number of rotatable bonds is 2. The second kappa shape index (κ2) is 4.63. The number of aromatic nitrogens is 2. The lowest BCUT2D eigenvalue weighted by atomic mass is 10.0. The second-order valence-corrected chi connectivity index (χ2v) is 5.37. The molecule has 0 aliphatic carbocycles. The summed E-state index contributed by atoms with van der Waals surface area (Å²) in [5.41, 5.74) is 6.46. The predicted molar refractivity (Wildman–Crippen MR) is 70.5 cm³/mol. The highest BCUT2D eigenvalue weighted by Gasteiger charge is 2.31. The Bertz CT molecular complexity index is 621. The van der Waals surface area contributed by atoms with Crippen molar-refractivity contribution < 1.29 is 13.2 Å². The van der Waals surface area contributed by atoms with Gasteiger partial charge in [0.2, 0.25) is 0 Å². The highest BCUT2D eigenvalue weighted by molar-refractivity contribution is 5.45. The van der Waals surface area contributed by atoms with E-state index in [1.54, 1.807) is 31.5 Å². The van der Waals surface area contributed by atoms with E-state index in [1.165, 1.54) is 12.4 Å². The van der Waals surface area contributed by atoms with Gasteiger partial charge in [-0.25, -0.2) is 4.98 Å². The Kier molecular flexibility index (Phi) is 3.37. The van der Waals surface area contributed by atoms with Gasteiger partial charge in [0.05, 0.1) is 35.0 Å². The largest absolute Gasteiger partial charge is 0.416 e. The van der Waals surface area contributed by atoms with E-state index in [2.05, 4.69) is 4.98 Å². The molecule has 0 fully saturated rings. The number of halogens is 3. The molecule has 108 valence electrons. The van der Waals surface area contributed by atoms with Crippen LogP contribution in [-0.4, -0.2) is 9.55 Å². The normalized spacial score (nSPS) is 12.8. The van der Waals surface area contributed by atoms with Crippen LogP contribution in [0.5, 0.6) is 0 Å². The Morgan fingerprint density at radius 1 is 1.20 bits per heavy atom. The molecule has 2 aromatic rings. The van der Waals surface area contributed by atoms with Crippen molar-refractivity contribution in [2.45, 2.75) is 32.5 Å². The summed E-state index contributed by atoms with van der Waals surface area (Å²) in [5.74, 6) is 0. The standard InChI is InChI=1S/C14H16F3N3/c1-9-4-5-10(14(15,16)17)6-11(9)20-8-19-7-12(20)13(2,3)18/h4-8H,18H2,1-3H3. The molecule has 0 aliphatic heterocycles. The number of benzene rings is 1. The maximum absolute atomic E-state index is 12.8. The first kappa shape index (κ1) is 14.6. The van der Waals surface area contributed by atoms with Gasteiger partial charge >= 0.3 is 6.18 Å². The van der Waals surface area contributed by atoms with Crippen molar-refractivity contribution in [3.63, 3.8) is 0 Å². The molecule has 1 heterocycles. The predicted octanol–water partition coefficient (Wildman–Crippen LogP) is 3.39. The van der Waals surface area contributed by atoms with Crippen molar-refractivity contribution >= 4 is 0 Å². The molecule has 0 saturated heterocycles. The molecule has 0 radical (unpaired) electrons. The van der Waals surface area contributed by atoms with Gasteiger partial charge in [0.1, 0.15) is 0 Å². The van der Waals surface area contributed by atoms with E-state index >= 15 is 0 Å². The summed E-state index contributed by atoms with van der Waals surface area (Å²) >= 11 is 0.